The number of nitrogens with one attached hydrogen (secondary N) is 1. The number of hydrogen-bond acceptors (Lipinski definition) is 4. The lowest BCUT2D eigenvalue weighted by Gasteiger charge is -2.10. The highest BCUT2D eigenvalue weighted by Crippen LogP contribution is 2.20. The van der Waals surface area contributed by atoms with Gasteiger partial charge in [0.1, 0.15) is 5.82 Å². The van der Waals surface area contributed by atoms with E-state index in [2.05, 4.69) is 15.3 Å². The van der Waals surface area contributed by atoms with Crippen molar-refractivity contribution in [3.63, 3.8) is 0 Å². The van der Waals surface area contributed by atoms with Crippen molar-refractivity contribution in [2.24, 2.45) is 0 Å². The lowest BCUT2D eigenvalue weighted by molar-refractivity contribution is -0.115. The lowest BCUT2D eigenvalue weighted by atomic mass is 10.1. The molecule has 1 aromatic heterocycles. The summed E-state index contributed by atoms with van der Waals surface area (Å²) in [6, 6.07) is 4.30. The Hall–Kier alpha value is -2.21. The molecule has 1 amide bonds. The summed E-state index contributed by atoms with van der Waals surface area (Å²) < 4.78 is 13.6. The van der Waals surface area contributed by atoms with Gasteiger partial charge < -0.3 is 10.2 Å². The van der Waals surface area contributed by atoms with Crippen LogP contribution in [-0.4, -0.2) is 30.0 Å². The zero-order chi connectivity index (χ0) is 15.4. The fourth-order valence-corrected chi connectivity index (χ4v) is 1.91. The smallest absolute Gasteiger partial charge is 0.229 e. The summed E-state index contributed by atoms with van der Waals surface area (Å²) in [5.74, 6) is -0.356. The molecule has 0 aliphatic carbocycles. The molecule has 1 N–H and O–H groups in total. The zero-order valence-corrected chi connectivity index (χ0v) is 12.4. The molecule has 0 saturated carbocycles. The minimum absolute atomic E-state index is 0.152. The molecule has 21 heavy (non-hydrogen) atoms. The SMILES string of the molecule is CN(C)c1ncc(NC(=O)Cc2c(F)cccc2Cl)cn1. The third-order valence-corrected chi connectivity index (χ3v) is 3.08. The molecule has 0 fully saturated rings. The van der Waals surface area contributed by atoms with E-state index in [4.69, 9.17) is 11.6 Å². The Morgan fingerprint density at radius 2 is 2.00 bits per heavy atom. The van der Waals surface area contributed by atoms with Crippen molar-refractivity contribution >= 4 is 29.1 Å². The first-order chi connectivity index (χ1) is 9.97. The molecule has 2 rings (SSSR count). The predicted octanol–water partition coefficient (Wildman–Crippen LogP) is 2.52. The number of rotatable bonds is 4. The number of amides is 1. The predicted molar refractivity (Wildman–Crippen MR) is 80.1 cm³/mol. The van der Waals surface area contributed by atoms with Gasteiger partial charge in [0, 0.05) is 24.7 Å². The van der Waals surface area contributed by atoms with Gasteiger partial charge in [-0.25, -0.2) is 14.4 Å². The third kappa shape index (κ3) is 3.88. The fourth-order valence-electron chi connectivity index (χ4n) is 1.68. The van der Waals surface area contributed by atoms with Crippen LogP contribution in [0.15, 0.2) is 30.6 Å². The van der Waals surface area contributed by atoms with E-state index in [1.807, 2.05) is 14.1 Å². The van der Waals surface area contributed by atoms with E-state index in [1.165, 1.54) is 24.5 Å². The molecule has 0 aliphatic heterocycles. The second kappa shape index (κ2) is 6.49. The summed E-state index contributed by atoms with van der Waals surface area (Å²) >= 11 is 5.88. The average molecular weight is 309 g/mol. The van der Waals surface area contributed by atoms with Crippen molar-refractivity contribution in [2.75, 3.05) is 24.3 Å². The molecule has 1 aromatic carbocycles. The Kier molecular flexibility index (Phi) is 4.70. The van der Waals surface area contributed by atoms with Crippen molar-refractivity contribution < 1.29 is 9.18 Å². The van der Waals surface area contributed by atoms with Crippen LogP contribution in [0.1, 0.15) is 5.56 Å². The normalized spacial score (nSPS) is 10.3. The molecule has 0 atom stereocenters. The number of carbonyl (C=O) groups is 1. The van der Waals surface area contributed by atoms with Crippen LogP contribution in [0.25, 0.3) is 0 Å². The Morgan fingerprint density at radius 1 is 1.33 bits per heavy atom. The maximum atomic E-state index is 13.6. The van der Waals surface area contributed by atoms with E-state index >= 15 is 0 Å². The van der Waals surface area contributed by atoms with Gasteiger partial charge in [-0.1, -0.05) is 17.7 Å². The van der Waals surface area contributed by atoms with Crippen molar-refractivity contribution in [1.82, 2.24) is 9.97 Å². The number of hydrogen-bond donors (Lipinski definition) is 1. The lowest BCUT2D eigenvalue weighted by Crippen LogP contribution is -2.17. The van der Waals surface area contributed by atoms with Gasteiger partial charge in [0.15, 0.2) is 0 Å². The van der Waals surface area contributed by atoms with Gasteiger partial charge in [0.05, 0.1) is 24.5 Å². The summed E-state index contributed by atoms with van der Waals surface area (Å²) in [5, 5.41) is 2.83. The fraction of sp³-hybridized carbons (Fsp3) is 0.214. The summed E-state index contributed by atoms with van der Waals surface area (Å²) in [6.07, 6.45) is 2.83. The third-order valence-electron chi connectivity index (χ3n) is 2.72. The maximum Gasteiger partial charge on any atom is 0.229 e. The van der Waals surface area contributed by atoms with E-state index in [-0.39, 0.29) is 22.9 Å². The summed E-state index contributed by atoms with van der Waals surface area (Å²) in [4.78, 5) is 21.8. The van der Waals surface area contributed by atoms with Crippen LogP contribution in [0.4, 0.5) is 16.0 Å². The second-order valence-electron chi connectivity index (χ2n) is 4.59. The minimum atomic E-state index is -0.503. The molecule has 0 spiro atoms. The van der Waals surface area contributed by atoms with Gasteiger partial charge in [-0.2, -0.15) is 0 Å². The van der Waals surface area contributed by atoms with Gasteiger partial charge in [0.25, 0.3) is 0 Å². The largest absolute Gasteiger partial charge is 0.347 e. The number of aromatic nitrogens is 2. The van der Waals surface area contributed by atoms with Gasteiger partial charge in [-0.05, 0) is 12.1 Å². The number of nitrogens with zero attached hydrogens (tertiary/aromatic N) is 3. The molecule has 5 nitrogen and oxygen atoms in total. The van der Waals surface area contributed by atoms with E-state index < -0.39 is 5.82 Å². The first-order valence-corrected chi connectivity index (χ1v) is 6.57. The van der Waals surface area contributed by atoms with Gasteiger partial charge in [-0.3, -0.25) is 4.79 Å². The van der Waals surface area contributed by atoms with Crippen LogP contribution < -0.4 is 10.2 Å². The van der Waals surface area contributed by atoms with Crippen LogP contribution in [-0.2, 0) is 11.2 Å². The highest BCUT2D eigenvalue weighted by Gasteiger charge is 2.12. The summed E-state index contributed by atoms with van der Waals surface area (Å²) in [7, 11) is 3.63. The topological polar surface area (TPSA) is 58.1 Å². The quantitative estimate of drug-likeness (QED) is 0.943. The molecule has 7 heteroatoms. The Labute approximate surface area is 126 Å². The molecule has 0 radical (unpaired) electrons. The first kappa shape index (κ1) is 15.2. The molecule has 0 saturated heterocycles. The van der Waals surface area contributed by atoms with Crippen molar-refractivity contribution in [1.29, 1.82) is 0 Å². The molecular formula is C14H14ClFN4O. The van der Waals surface area contributed by atoms with Crippen molar-refractivity contribution in [3.05, 3.63) is 47.0 Å². The molecule has 110 valence electrons. The maximum absolute atomic E-state index is 13.6. The highest BCUT2D eigenvalue weighted by atomic mass is 35.5. The molecular weight excluding hydrogens is 295 g/mol. The number of anilines is 2. The van der Waals surface area contributed by atoms with Crippen molar-refractivity contribution in [3.8, 4) is 0 Å². The number of carbonyl (C=O) groups excluding carboxylic acids is 1. The van der Waals surface area contributed by atoms with Crippen LogP contribution in [0.3, 0.4) is 0 Å². The average Bonchev–Trinajstić information content (AvgIpc) is 2.43. The Morgan fingerprint density at radius 3 is 2.57 bits per heavy atom. The second-order valence-corrected chi connectivity index (χ2v) is 5.00. The van der Waals surface area contributed by atoms with Crippen LogP contribution in [0.5, 0.6) is 0 Å². The highest BCUT2D eigenvalue weighted by molar-refractivity contribution is 6.31. The zero-order valence-electron chi connectivity index (χ0n) is 11.6. The molecule has 2 aromatic rings. The minimum Gasteiger partial charge on any atom is -0.347 e. The standard InChI is InChI=1S/C14H14ClFN4O/c1-20(2)14-17-7-9(8-18-14)19-13(21)6-10-11(15)4-3-5-12(10)16/h3-5,7-8H,6H2,1-2H3,(H,19,21). The van der Waals surface area contributed by atoms with Crippen LogP contribution in [0, 0.1) is 5.82 Å². The van der Waals surface area contributed by atoms with Gasteiger partial charge in [0.2, 0.25) is 11.9 Å². The van der Waals surface area contributed by atoms with E-state index in [0.29, 0.717) is 11.6 Å². The van der Waals surface area contributed by atoms with E-state index in [9.17, 15) is 9.18 Å². The van der Waals surface area contributed by atoms with Crippen LogP contribution >= 0.6 is 11.6 Å². The van der Waals surface area contributed by atoms with E-state index in [0.717, 1.165) is 0 Å². The van der Waals surface area contributed by atoms with E-state index in [1.54, 1.807) is 11.0 Å². The monoisotopic (exact) mass is 308 g/mol. The summed E-state index contributed by atoms with van der Waals surface area (Å²) in [6.45, 7) is 0. The van der Waals surface area contributed by atoms with Gasteiger partial charge >= 0.3 is 0 Å². The van der Waals surface area contributed by atoms with Crippen LogP contribution in [0.2, 0.25) is 5.02 Å². The molecule has 0 aliphatic rings. The Balaban J connectivity index is 2.05. The molecule has 1 heterocycles. The molecule has 0 unspecified atom stereocenters. The Bertz CT molecular complexity index is 626. The van der Waals surface area contributed by atoms with Gasteiger partial charge in [-0.15, -0.1) is 0 Å². The van der Waals surface area contributed by atoms with Crippen molar-refractivity contribution in [2.45, 2.75) is 6.42 Å². The number of benzene rings is 1. The first-order valence-electron chi connectivity index (χ1n) is 6.19. The summed E-state index contributed by atoms with van der Waals surface area (Å²) in [5.41, 5.74) is 0.612. The molecule has 0 bridgehead atoms. The number of halogens is 2.